The Hall–Kier alpha value is -3.02. The summed E-state index contributed by atoms with van der Waals surface area (Å²) in [5.41, 5.74) is 1.76. The lowest BCUT2D eigenvalue weighted by Gasteiger charge is -2.29. The first kappa shape index (κ1) is 22.3. The van der Waals surface area contributed by atoms with Crippen molar-refractivity contribution in [2.24, 2.45) is 0 Å². The maximum atomic E-state index is 13.1. The second kappa shape index (κ2) is 10.5. The number of nitrogens with one attached hydrogen (secondary N) is 1. The Labute approximate surface area is 172 Å². The van der Waals surface area contributed by atoms with E-state index in [0.29, 0.717) is 12.3 Å². The van der Waals surface area contributed by atoms with Crippen LogP contribution in [0.5, 0.6) is 11.5 Å². The molecule has 0 unspecified atom stereocenters. The summed E-state index contributed by atoms with van der Waals surface area (Å²) < 4.78 is 10.4. The third-order valence-corrected chi connectivity index (χ3v) is 4.60. The van der Waals surface area contributed by atoms with Crippen LogP contribution in [0.2, 0.25) is 0 Å². The third kappa shape index (κ3) is 6.52. The Kier molecular flexibility index (Phi) is 8.07. The van der Waals surface area contributed by atoms with Gasteiger partial charge in [-0.3, -0.25) is 9.59 Å². The Balaban J connectivity index is 2.23. The Morgan fingerprint density at radius 3 is 2.17 bits per heavy atom. The van der Waals surface area contributed by atoms with E-state index in [1.165, 1.54) is 0 Å². The zero-order valence-corrected chi connectivity index (χ0v) is 17.8. The molecule has 1 atom stereocenters. The van der Waals surface area contributed by atoms with Gasteiger partial charge in [-0.25, -0.2) is 0 Å². The molecule has 0 aliphatic heterocycles. The second-order valence-corrected chi connectivity index (χ2v) is 7.24. The normalized spacial score (nSPS) is 11.7. The first-order valence-corrected chi connectivity index (χ1v) is 9.69. The molecule has 0 bridgehead atoms. The number of benzene rings is 2. The number of carbonyl (C=O) groups is 2. The van der Waals surface area contributed by atoms with Gasteiger partial charge >= 0.3 is 0 Å². The van der Waals surface area contributed by atoms with E-state index < -0.39 is 6.04 Å². The van der Waals surface area contributed by atoms with Crippen LogP contribution >= 0.6 is 0 Å². The van der Waals surface area contributed by atoms with Crippen molar-refractivity contribution in [1.82, 2.24) is 10.2 Å². The molecule has 0 aromatic heterocycles. The molecule has 6 heteroatoms. The molecule has 2 rings (SSSR count). The highest BCUT2D eigenvalue weighted by molar-refractivity contribution is 5.88. The lowest BCUT2D eigenvalue weighted by molar-refractivity contribution is -0.140. The van der Waals surface area contributed by atoms with Gasteiger partial charge in [-0.1, -0.05) is 24.3 Å². The van der Waals surface area contributed by atoms with Crippen molar-refractivity contribution in [3.63, 3.8) is 0 Å². The van der Waals surface area contributed by atoms with Gasteiger partial charge < -0.3 is 19.7 Å². The molecule has 0 radical (unpaired) electrons. The summed E-state index contributed by atoms with van der Waals surface area (Å²) >= 11 is 0. The molecule has 1 N–H and O–H groups in total. The monoisotopic (exact) mass is 398 g/mol. The van der Waals surface area contributed by atoms with Crippen LogP contribution in [0.15, 0.2) is 48.5 Å². The van der Waals surface area contributed by atoms with Crippen LogP contribution in [-0.2, 0) is 22.6 Å². The van der Waals surface area contributed by atoms with Gasteiger partial charge in [-0.2, -0.15) is 0 Å². The van der Waals surface area contributed by atoms with E-state index in [1.807, 2.05) is 62.4 Å². The van der Waals surface area contributed by atoms with Crippen molar-refractivity contribution >= 4 is 11.8 Å². The van der Waals surface area contributed by atoms with Crippen molar-refractivity contribution in [3.8, 4) is 11.5 Å². The van der Waals surface area contributed by atoms with Gasteiger partial charge in [0.2, 0.25) is 11.8 Å². The molecule has 6 nitrogen and oxygen atoms in total. The number of amides is 2. The molecule has 0 spiro atoms. The SMILES string of the molecule is COc1ccc(CC(=O)N(Cc2cccc(OC)c2)[C@@H](C)C(=O)NC(C)C)cc1. The van der Waals surface area contributed by atoms with Crippen molar-refractivity contribution in [2.45, 2.75) is 45.8 Å². The molecule has 29 heavy (non-hydrogen) atoms. The second-order valence-electron chi connectivity index (χ2n) is 7.24. The first-order chi connectivity index (χ1) is 13.8. The number of nitrogens with zero attached hydrogens (tertiary/aromatic N) is 1. The molecule has 2 aromatic rings. The lowest BCUT2D eigenvalue weighted by Crippen LogP contribution is -2.49. The fraction of sp³-hybridized carbons (Fsp3) is 0.391. The standard InChI is InChI=1S/C23H30N2O4/c1-16(2)24-23(27)17(3)25(15-19-7-6-8-21(13-19)29-5)22(26)14-18-9-11-20(28-4)12-10-18/h6-13,16-17H,14-15H2,1-5H3,(H,24,27)/t17-/m0/s1. The highest BCUT2D eigenvalue weighted by Crippen LogP contribution is 2.18. The summed E-state index contributed by atoms with van der Waals surface area (Å²) in [6.07, 6.45) is 0.202. The van der Waals surface area contributed by atoms with E-state index in [-0.39, 0.29) is 24.3 Å². The molecule has 0 heterocycles. The highest BCUT2D eigenvalue weighted by atomic mass is 16.5. The topological polar surface area (TPSA) is 67.9 Å². The zero-order chi connectivity index (χ0) is 21.4. The number of ether oxygens (including phenoxy) is 2. The van der Waals surface area contributed by atoms with Gasteiger partial charge in [0, 0.05) is 12.6 Å². The van der Waals surface area contributed by atoms with E-state index in [2.05, 4.69) is 5.32 Å². The summed E-state index contributed by atoms with van der Waals surface area (Å²) in [4.78, 5) is 27.4. The Morgan fingerprint density at radius 2 is 1.59 bits per heavy atom. The minimum Gasteiger partial charge on any atom is -0.497 e. The third-order valence-electron chi connectivity index (χ3n) is 4.60. The van der Waals surface area contributed by atoms with Gasteiger partial charge in [0.1, 0.15) is 17.5 Å². The smallest absolute Gasteiger partial charge is 0.242 e. The summed E-state index contributed by atoms with van der Waals surface area (Å²) in [6, 6.07) is 14.3. The van der Waals surface area contributed by atoms with E-state index >= 15 is 0 Å². The fourth-order valence-electron chi connectivity index (χ4n) is 2.97. The minimum absolute atomic E-state index is 0.000287. The van der Waals surface area contributed by atoms with Crippen LogP contribution in [0.25, 0.3) is 0 Å². The van der Waals surface area contributed by atoms with Gasteiger partial charge in [-0.15, -0.1) is 0 Å². The number of hydrogen-bond donors (Lipinski definition) is 1. The molecule has 2 amide bonds. The molecule has 0 fully saturated rings. The summed E-state index contributed by atoms with van der Waals surface area (Å²) in [6.45, 7) is 5.87. The van der Waals surface area contributed by atoms with Gasteiger partial charge in [0.05, 0.1) is 20.6 Å². The average Bonchev–Trinajstić information content (AvgIpc) is 2.71. The molecule has 0 saturated carbocycles. The summed E-state index contributed by atoms with van der Waals surface area (Å²) in [5.74, 6) is 1.15. The van der Waals surface area contributed by atoms with Crippen molar-refractivity contribution < 1.29 is 19.1 Å². The molecular formula is C23H30N2O4. The fourth-order valence-corrected chi connectivity index (χ4v) is 2.97. The number of hydrogen-bond acceptors (Lipinski definition) is 4. The number of methoxy groups -OCH3 is 2. The van der Waals surface area contributed by atoms with Crippen LogP contribution in [0, 0.1) is 0 Å². The van der Waals surface area contributed by atoms with Gasteiger partial charge in [-0.05, 0) is 56.2 Å². The van der Waals surface area contributed by atoms with Crippen molar-refractivity contribution in [3.05, 3.63) is 59.7 Å². The van der Waals surface area contributed by atoms with Crippen molar-refractivity contribution in [1.29, 1.82) is 0 Å². The molecule has 156 valence electrons. The Bertz CT molecular complexity index is 818. The quantitative estimate of drug-likeness (QED) is 0.704. The minimum atomic E-state index is -0.602. The van der Waals surface area contributed by atoms with Crippen molar-refractivity contribution in [2.75, 3.05) is 14.2 Å². The van der Waals surface area contributed by atoms with Crippen LogP contribution in [0.1, 0.15) is 31.9 Å². The Morgan fingerprint density at radius 1 is 0.931 bits per heavy atom. The summed E-state index contributed by atoms with van der Waals surface area (Å²) in [7, 11) is 3.20. The van der Waals surface area contributed by atoms with E-state index in [4.69, 9.17) is 9.47 Å². The predicted molar refractivity (Wildman–Crippen MR) is 113 cm³/mol. The highest BCUT2D eigenvalue weighted by Gasteiger charge is 2.26. The van der Waals surface area contributed by atoms with Gasteiger partial charge in [0.25, 0.3) is 0 Å². The van der Waals surface area contributed by atoms with Crippen LogP contribution in [0.4, 0.5) is 0 Å². The average molecular weight is 399 g/mol. The maximum absolute atomic E-state index is 13.1. The number of carbonyl (C=O) groups excluding carboxylic acids is 2. The molecule has 0 aliphatic rings. The van der Waals surface area contributed by atoms with Gasteiger partial charge in [0.15, 0.2) is 0 Å². The van der Waals surface area contributed by atoms with E-state index in [9.17, 15) is 9.59 Å². The largest absolute Gasteiger partial charge is 0.497 e. The zero-order valence-electron chi connectivity index (χ0n) is 17.8. The van der Waals surface area contributed by atoms with Crippen LogP contribution < -0.4 is 14.8 Å². The molecular weight excluding hydrogens is 368 g/mol. The van der Waals surface area contributed by atoms with E-state index in [0.717, 1.165) is 16.9 Å². The van der Waals surface area contributed by atoms with Crippen LogP contribution in [0.3, 0.4) is 0 Å². The molecule has 0 saturated heterocycles. The summed E-state index contributed by atoms with van der Waals surface area (Å²) in [5, 5.41) is 2.89. The van der Waals surface area contributed by atoms with Crippen LogP contribution in [-0.4, -0.2) is 43.0 Å². The predicted octanol–water partition coefficient (Wildman–Crippen LogP) is 3.19. The molecule has 0 aliphatic carbocycles. The maximum Gasteiger partial charge on any atom is 0.242 e. The first-order valence-electron chi connectivity index (χ1n) is 9.69. The lowest BCUT2D eigenvalue weighted by atomic mass is 10.1. The van der Waals surface area contributed by atoms with E-state index in [1.54, 1.807) is 26.0 Å². The number of rotatable bonds is 9. The molecule has 2 aromatic carbocycles.